The van der Waals surface area contributed by atoms with Gasteiger partial charge in [0.25, 0.3) is 5.91 Å². The van der Waals surface area contributed by atoms with Crippen LogP contribution in [0.5, 0.6) is 11.6 Å². The van der Waals surface area contributed by atoms with Gasteiger partial charge in [0.1, 0.15) is 11.9 Å². The number of hydrogen-bond acceptors (Lipinski definition) is 7. The minimum Gasteiger partial charge on any atom is -0.488 e. The Morgan fingerprint density at radius 3 is 2.56 bits per heavy atom. The van der Waals surface area contributed by atoms with E-state index >= 15 is 0 Å². The molecule has 2 amide bonds. The van der Waals surface area contributed by atoms with Crippen molar-refractivity contribution in [3.63, 3.8) is 0 Å². The normalized spacial score (nSPS) is 24.0. The molecule has 2 aliphatic heterocycles. The minimum atomic E-state index is -0.252. The number of pyridine rings is 2. The lowest BCUT2D eigenvalue weighted by Gasteiger charge is -2.59. The van der Waals surface area contributed by atoms with Gasteiger partial charge in [-0.3, -0.25) is 9.59 Å². The Bertz CT molecular complexity index is 1570. The highest BCUT2D eigenvalue weighted by Crippen LogP contribution is 2.52. The average Bonchev–Trinajstić information content (AvgIpc) is 3.38. The SMILES string of the molecule is CCOc1ncccc1-c1ccc(OC2CC3(C2)CN(C(=O)C2CCC2c2ccc(F)cc2)C3)c(C(=O)NC2CCN(C)C2)n1. The Morgan fingerprint density at radius 2 is 1.87 bits per heavy atom. The number of carbonyl (C=O) groups is 2. The summed E-state index contributed by atoms with van der Waals surface area (Å²) < 4.78 is 25.5. The van der Waals surface area contributed by atoms with Gasteiger partial charge in [0.05, 0.1) is 17.9 Å². The Balaban J connectivity index is 1.01. The summed E-state index contributed by atoms with van der Waals surface area (Å²) in [6.45, 7) is 5.58. The Hall–Kier alpha value is -4.05. The highest BCUT2D eigenvalue weighted by molar-refractivity contribution is 5.96. The molecule has 1 aromatic carbocycles. The number of benzene rings is 1. The zero-order valence-corrected chi connectivity index (χ0v) is 25.9. The van der Waals surface area contributed by atoms with Gasteiger partial charge in [0, 0.05) is 43.2 Å². The molecule has 0 radical (unpaired) electrons. The molecule has 4 fully saturated rings. The van der Waals surface area contributed by atoms with E-state index in [2.05, 4.69) is 22.2 Å². The van der Waals surface area contributed by atoms with Crippen LogP contribution < -0.4 is 14.8 Å². The molecule has 4 heterocycles. The summed E-state index contributed by atoms with van der Waals surface area (Å²) in [5.74, 6) is 0.802. The number of ether oxygens (including phenoxy) is 2. The summed E-state index contributed by atoms with van der Waals surface area (Å²) in [4.78, 5) is 40.2. The van der Waals surface area contributed by atoms with E-state index in [1.165, 1.54) is 12.1 Å². The summed E-state index contributed by atoms with van der Waals surface area (Å²) in [6, 6.07) is 14.0. The number of likely N-dealkylation sites (tertiary alicyclic amines) is 2. The van der Waals surface area contributed by atoms with Gasteiger partial charge in [0.2, 0.25) is 11.8 Å². The minimum absolute atomic E-state index is 0.0201. The average molecular weight is 614 g/mol. The lowest BCUT2D eigenvalue weighted by molar-refractivity contribution is -0.167. The molecule has 2 saturated carbocycles. The first-order valence-corrected chi connectivity index (χ1v) is 16.1. The van der Waals surface area contributed by atoms with Crippen molar-refractivity contribution in [3.8, 4) is 22.9 Å². The highest BCUT2D eigenvalue weighted by Gasteiger charge is 2.56. The molecule has 4 aliphatic rings. The molecule has 3 aromatic rings. The van der Waals surface area contributed by atoms with Crippen LogP contribution in [0.1, 0.15) is 61.0 Å². The molecule has 2 aromatic heterocycles. The predicted molar refractivity (Wildman–Crippen MR) is 167 cm³/mol. The molecule has 9 nitrogen and oxygen atoms in total. The van der Waals surface area contributed by atoms with Gasteiger partial charge >= 0.3 is 0 Å². The molecule has 10 heteroatoms. The first-order valence-electron chi connectivity index (χ1n) is 16.1. The molecule has 1 spiro atoms. The Kier molecular flexibility index (Phi) is 7.93. The lowest BCUT2D eigenvalue weighted by Crippen LogP contribution is -2.67. The Labute approximate surface area is 263 Å². The summed E-state index contributed by atoms with van der Waals surface area (Å²) >= 11 is 0. The van der Waals surface area contributed by atoms with Crippen molar-refractivity contribution >= 4 is 11.8 Å². The van der Waals surface area contributed by atoms with Crippen molar-refractivity contribution in [1.29, 1.82) is 0 Å². The van der Waals surface area contributed by atoms with Crippen LogP contribution in [0.25, 0.3) is 11.3 Å². The first-order chi connectivity index (χ1) is 21.8. The summed E-state index contributed by atoms with van der Waals surface area (Å²) in [5.41, 5.74) is 2.69. The predicted octanol–water partition coefficient (Wildman–Crippen LogP) is 4.68. The van der Waals surface area contributed by atoms with Crippen LogP contribution in [0.3, 0.4) is 0 Å². The maximum Gasteiger partial charge on any atom is 0.274 e. The van der Waals surface area contributed by atoms with Crippen LogP contribution in [0.2, 0.25) is 0 Å². The van der Waals surface area contributed by atoms with E-state index in [-0.39, 0.29) is 52.7 Å². The monoisotopic (exact) mass is 613 g/mol. The quantitative estimate of drug-likeness (QED) is 0.375. The van der Waals surface area contributed by atoms with Crippen LogP contribution >= 0.6 is 0 Å². The topological polar surface area (TPSA) is 96.9 Å². The third-order valence-electron chi connectivity index (χ3n) is 10.00. The maximum absolute atomic E-state index is 13.6. The summed E-state index contributed by atoms with van der Waals surface area (Å²) in [7, 11) is 2.05. The van der Waals surface area contributed by atoms with Crippen molar-refractivity contribution < 1.29 is 23.5 Å². The largest absolute Gasteiger partial charge is 0.488 e. The van der Waals surface area contributed by atoms with Gasteiger partial charge in [0.15, 0.2) is 11.4 Å². The van der Waals surface area contributed by atoms with E-state index in [0.717, 1.165) is 69.4 Å². The van der Waals surface area contributed by atoms with E-state index in [1.54, 1.807) is 6.20 Å². The van der Waals surface area contributed by atoms with Crippen molar-refractivity contribution in [1.82, 2.24) is 25.1 Å². The molecule has 0 bridgehead atoms. The second kappa shape index (κ2) is 12.0. The maximum atomic E-state index is 13.6. The van der Waals surface area contributed by atoms with Crippen molar-refractivity contribution in [2.24, 2.45) is 11.3 Å². The van der Waals surface area contributed by atoms with Crippen molar-refractivity contribution in [2.75, 3.05) is 39.8 Å². The van der Waals surface area contributed by atoms with E-state index in [4.69, 9.17) is 14.5 Å². The summed E-state index contributed by atoms with van der Waals surface area (Å²) in [6.07, 6.45) is 6.02. The third kappa shape index (κ3) is 5.88. The fourth-order valence-corrected chi connectivity index (χ4v) is 7.48. The number of rotatable bonds is 9. The number of aromatic nitrogens is 2. The third-order valence-corrected chi connectivity index (χ3v) is 10.00. The number of likely N-dealkylation sites (N-methyl/N-ethyl adjacent to an activating group) is 1. The number of nitrogens with zero attached hydrogens (tertiary/aromatic N) is 4. The van der Waals surface area contributed by atoms with Crippen LogP contribution in [0.15, 0.2) is 54.7 Å². The van der Waals surface area contributed by atoms with Gasteiger partial charge in [-0.1, -0.05) is 12.1 Å². The van der Waals surface area contributed by atoms with Crippen LogP contribution in [-0.2, 0) is 4.79 Å². The first kappa shape index (κ1) is 29.6. The van der Waals surface area contributed by atoms with Gasteiger partial charge in [-0.2, -0.15) is 0 Å². The number of hydrogen-bond donors (Lipinski definition) is 1. The molecule has 1 N–H and O–H groups in total. The number of carbonyl (C=O) groups excluding carboxylic acids is 2. The Morgan fingerprint density at radius 1 is 1.07 bits per heavy atom. The van der Waals surface area contributed by atoms with E-state index in [9.17, 15) is 14.0 Å². The molecule has 3 unspecified atom stereocenters. The molecule has 2 aliphatic carbocycles. The van der Waals surface area contributed by atoms with Crippen molar-refractivity contribution in [3.05, 3.63) is 71.8 Å². The molecule has 45 heavy (non-hydrogen) atoms. The zero-order valence-electron chi connectivity index (χ0n) is 25.9. The van der Waals surface area contributed by atoms with Gasteiger partial charge < -0.3 is 24.6 Å². The van der Waals surface area contributed by atoms with Gasteiger partial charge in [-0.15, -0.1) is 0 Å². The van der Waals surface area contributed by atoms with Gasteiger partial charge in [-0.25, -0.2) is 14.4 Å². The molecular formula is C35H40FN5O4. The summed E-state index contributed by atoms with van der Waals surface area (Å²) in [5, 5.41) is 3.16. The number of nitrogens with one attached hydrogen (secondary N) is 1. The standard InChI is InChI=1S/C35H40FN5O4/c1-3-44-33-28(5-4-15-37-33)29-12-13-30(31(39-29)32(42)38-24-14-16-40(2)19-24)45-25-17-35(18-25)20-41(21-35)34(43)27-11-10-26(27)22-6-8-23(36)9-7-22/h4-9,12-13,15,24-27H,3,10-11,14,16-21H2,1-2H3,(H,38,42). The van der Waals surface area contributed by atoms with Crippen LogP contribution in [0, 0.1) is 17.2 Å². The molecule has 236 valence electrons. The molecular weight excluding hydrogens is 573 g/mol. The molecule has 2 saturated heterocycles. The van der Waals surface area contributed by atoms with Crippen molar-refractivity contribution in [2.45, 2.75) is 57.1 Å². The van der Waals surface area contributed by atoms with E-state index < -0.39 is 0 Å². The fourth-order valence-electron chi connectivity index (χ4n) is 7.48. The highest BCUT2D eigenvalue weighted by atomic mass is 19.1. The zero-order chi connectivity index (χ0) is 31.1. The lowest BCUT2D eigenvalue weighted by atomic mass is 9.60. The fraction of sp³-hybridized carbons (Fsp3) is 0.486. The number of amides is 2. The number of halogens is 1. The van der Waals surface area contributed by atoms with E-state index in [1.807, 2.05) is 48.2 Å². The van der Waals surface area contributed by atoms with Crippen LogP contribution in [-0.4, -0.2) is 83.6 Å². The molecule has 3 atom stereocenters. The van der Waals surface area contributed by atoms with Crippen LogP contribution in [0.4, 0.5) is 4.39 Å². The van der Waals surface area contributed by atoms with E-state index in [0.29, 0.717) is 23.9 Å². The second-order valence-corrected chi connectivity index (χ2v) is 13.2. The van der Waals surface area contributed by atoms with Gasteiger partial charge in [-0.05, 0) is 100 Å². The second-order valence-electron chi connectivity index (χ2n) is 13.2. The smallest absolute Gasteiger partial charge is 0.274 e. The molecule has 7 rings (SSSR count).